The highest BCUT2D eigenvalue weighted by Crippen LogP contribution is 2.23. The molecule has 0 bridgehead atoms. The van der Waals surface area contributed by atoms with Crippen LogP contribution in [0.15, 0.2) is 41.8 Å². The molecule has 1 atom stereocenters. The molecule has 0 radical (unpaired) electrons. The summed E-state index contributed by atoms with van der Waals surface area (Å²) in [5, 5.41) is 0.537. The number of aryl methyl sites for hydroxylation is 1. The molecule has 0 aliphatic carbocycles. The fraction of sp³-hybridized carbons (Fsp3) is 0.231. The summed E-state index contributed by atoms with van der Waals surface area (Å²) < 4.78 is 14.6. The Balaban J connectivity index is 2.09. The van der Waals surface area contributed by atoms with E-state index in [9.17, 15) is 9.18 Å². The molecule has 18 heavy (non-hydrogen) atoms. The molecule has 2 aromatic rings. The zero-order chi connectivity index (χ0) is 13.1. The van der Waals surface area contributed by atoms with Gasteiger partial charge in [-0.25, -0.2) is 9.37 Å². The molecule has 0 saturated heterocycles. The van der Waals surface area contributed by atoms with E-state index in [1.54, 1.807) is 6.20 Å². The van der Waals surface area contributed by atoms with Gasteiger partial charge in [0.25, 0.3) is 0 Å². The van der Waals surface area contributed by atoms with Gasteiger partial charge in [-0.1, -0.05) is 11.8 Å². The molecule has 0 fully saturated rings. The van der Waals surface area contributed by atoms with Gasteiger partial charge in [-0.2, -0.15) is 0 Å². The lowest BCUT2D eigenvalue weighted by molar-refractivity contribution is 0.0994. The lowest BCUT2D eigenvalue weighted by Gasteiger charge is -2.09. The number of hydrogen-bond acceptors (Lipinski definition) is 3. The predicted molar refractivity (Wildman–Crippen MR) is 69.3 cm³/mol. The maximum Gasteiger partial charge on any atom is 0.175 e. The smallest absolute Gasteiger partial charge is 0.175 e. The zero-order valence-corrected chi connectivity index (χ0v) is 10.9. The lowest BCUT2D eigenvalue weighted by Crippen LogP contribution is -2.14. The van der Waals surface area contributed by atoms with Crippen LogP contribution in [0.5, 0.6) is 0 Å². The van der Waals surface area contributed by atoms with Gasteiger partial charge in [-0.15, -0.1) is 0 Å². The third-order valence-corrected chi connectivity index (χ3v) is 3.73. The minimum atomic E-state index is -0.337. The molecule has 0 spiro atoms. The second-order valence-corrected chi connectivity index (χ2v) is 5.26. The first kappa shape index (κ1) is 12.8. The number of thioether (sulfide) groups is 1. The number of hydrogen-bond donors (Lipinski definition) is 0. The standard InChI is InChI=1S/C13H13FN2OS/c1-9(18-13-15-7-8-16(13)2)12(17)10-3-5-11(14)6-4-10/h3-9H,1-2H3. The highest BCUT2D eigenvalue weighted by molar-refractivity contribution is 8.00. The molecule has 0 aliphatic rings. The summed E-state index contributed by atoms with van der Waals surface area (Å²) in [4.78, 5) is 16.3. The first-order valence-electron chi connectivity index (χ1n) is 5.51. The van der Waals surface area contributed by atoms with E-state index in [2.05, 4.69) is 4.98 Å². The summed E-state index contributed by atoms with van der Waals surface area (Å²) in [6.07, 6.45) is 3.52. The average molecular weight is 264 g/mol. The Morgan fingerprint density at radius 2 is 2.06 bits per heavy atom. The normalized spacial score (nSPS) is 12.4. The van der Waals surface area contributed by atoms with Crippen molar-refractivity contribution in [2.45, 2.75) is 17.3 Å². The molecular weight excluding hydrogens is 251 g/mol. The van der Waals surface area contributed by atoms with E-state index in [0.717, 1.165) is 5.16 Å². The minimum absolute atomic E-state index is 0.0250. The highest BCUT2D eigenvalue weighted by atomic mass is 32.2. The van der Waals surface area contributed by atoms with Crippen molar-refractivity contribution in [2.75, 3.05) is 0 Å². The quantitative estimate of drug-likeness (QED) is 0.629. The van der Waals surface area contributed by atoms with Crippen LogP contribution >= 0.6 is 11.8 Å². The molecule has 2 rings (SSSR count). The van der Waals surface area contributed by atoms with Crippen LogP contribution in [0.4, 0.5) is 4.39 Å². The maximum atomic E-state index is 12.8. The van der Waals surface area contributed by atoms with Crippen molar-refractivity contribution < 1.29 is 9.18 Å². The van der Waals surface area contributed by atoms with Crippen LogP contribution in [0.25, 0.3) is 0 Å². The fourth-order valence-corrected chi connectivity index (χ4v) is 2.43. The number of aromatic nitrogens is 2. The second kappa shape index (κ2) is 5.35. The number of ketones is 1. The summed E-state index contributed by atoms with van der Waals surface area (Å²) in [6, 6.07) is 5.61. The lowest BCUT2D eigenvalue weighted by atomic mass is 10.1. The average Bonchev–Trinajstić information content (AvgIpc) is 2.75. The van der Waals surface area contributed by atoms with Gasteiger partial charge in [0.2, 0.25) is 0 Å². The van der Waals surface area contributed by atoms with Gasteiger partial charge < -0.3 is 4.57 Å². The summed E-state index contributed by atoms with van der Waals surface area (Å²) in [6.45, 7) is 1.82. The topological polar surface area (TPSA) is 34.9 Å². The van der Waals surface area contributed by atoms with Gasteiger partial charge in [0, 0.05) is 25.0 Å². The van der Waals surface area contributed by atoms with Crippen molar-refractivity contribution in [1.29, 1.82) is 0 Å². The molecule has 94 valence electrons. The summed E-state index contributed by atoms with van der Waals surface area (Å²) in [5.41, 5.74) is 0.519. The van der Waals surface area contributed by atoms with E-state index < -0.39 is 0 Å². The van der Waals surface area contributed by atoms with Crippen molar-refractivity contribution in [2.24, 2.45) is 7.05 Å². The Morgan fingerprint density at radius 3 is 2.61 bits per heavy atom. The van der Waals surface area contributed by atoms with Crippen LogP contribution < -0.4 is 0 Å². The van der Waals surface area contributed by atoms with Gasteiger partial charge in [-0.3, -0.25) is 4.79 Å². The van der Waals surface area contributed by atoms with Crippen LogP contribution in [-0.4, -0.2) is 20.6 Å². The monoisotopic (exact) mass is 264 g/mol. The molecule has 1 aromatic carbocycles. The Morgan fingerprint density at radius 1 is 1.39 bits per heavy atom. The Hall–Kier alpha value is -1.62. The van der Waals surface area contributed by atoms with Gasteiger partial charge in [0.15, 0.2) is 10.9 Å². The Kier molecular flexibility index (Phi) is 3.81. The highest BCUT2D eigenvalue weighted by Gasteiger charge is 2.18. The van der Waals surface area contributed by atoms with Gasteiger partial charge in [-0.05, 0) is 31.2 Å². The maximum absolute atomic E-state index is 12.8. The van der Waals surface area contributed by atoms with E-state index in [4.69, 9.17) is 0 Å². The number of carbonyl (C=O) groups excluding carboxylic acids is 1. The number of nitrogens with zero attached hydrogens (tertiary/aromatic N) is 2. The van der Waals surface area contributed by atoms with Crippen molar-refractivity contribution in [3.05, 3.63) is 48.0 Å². The van der Waals surface area contributed by atoms with Crippen molar-refractivity contribution in [1.82, 2.24) is 9.55 Å². The van der Waals surface area contributed by atoms with Crippen LogP contribution in [0.2, 0.25) is 0 Å². The summed E-state index contributed by atoms with van der Waals surface area (Å²) >= 11 is 1.39. The minimum Gasteiger partial charge on any atom is -0.329 e. The number of carbonyl (C=O) groups is 1. The molecule has 0 N–H and O–H groups in total. The number of Topliss-reactive ketones (excluding diaryl/α,β-unsaturated/α-hetero) is 1. The van der Waals surface area contributed by atoms with E-state index >= 15 is 0 Å². The first-order chi connectivity index (χ1) is 8.58. The second-order valence-electron chi connectivity index (χ2n) is 3.95. The summed E-state index contributed by atoms with van der Waals surface area (Å²) in [7, 11) is 1.88. The van der Waals surface area contributed by atoms with Crippen LogP contribution in [0.3, 0.4) is 0 Å². The fourth-order valence-electron chi connectivity index (χ4n) is 1.53. The molecule has 1 unspecified atom stereocenters. The van der Waals surface area contributed by atoms with Crippen molar-refractivity contribution in [3.63, 3.8) is 0 Å². The Labute approximate surface area is 109 Å². The van der Waals surface area contributed by atoms with Crippen LogP contribution in [0, 0.1) is 5.82 Å². The molecular formula is C13H13FN2OS. The molecule has 3 nitrogen and oxygen atoms in total. The molecule has 0 amide bonds. The van der Waals surface area contributed by atoms with Crippen molar-refractivity contribution >= 4 is 17.5 Å². The number of rotatable bonds is 4. The van der Waals surface area contributed by atoms with E-state index in [1.807, 2.05) is 24.7 Å². The molecule has 0 saturated carbocycles. The van der Waals surface area contributed by atoms with Crippen molar-refractivity contribution in [3.8, 4) is 0 Å². The van der Waals surface area contributed by atoms with Gasteiger partial charge in [0.1, 0.15) is 5.82 Å². The molecule has 1 aromatic heterocycles. The third-order valence-electron chi connectivity index (χ3n) is 2.56. The molecule has 5 heteroatoms. The molecule has 1 heterocycles. The largest absolute Gasteiger partial charge is 0.329 e. The number of halogens is 1. The van der Waals surface area contributed by atoms with Gasteiger partial charge in [0.05, 0.1) is 5.25 Å². The first-order valence-corrected chi connectivity index (χ1v) is 6.39. The van der Waals surface area contributed by atoms with Crippen LogP contribution in [0.1, 0.15) is 17.3 Å². The van der Waals surface area contributed by atoms with Gasteiger partial charge >= 0.3 is 0 Å². The molecule has 0 aliphatic heterocycles. The van der Waals surface area contributed by atoms with E-state index in [0.29, 0.717) is 5.56 Å². The SMILES string of the molecule is CC(Sc1nccn1C)C(=O)c1ccc(F)cc1. The summed E-state index contributed by atoms with van der Waals surface area (Å²) in [5.74, 6) is -0.362. The number of imidazole rings is 1. The van der Waals surface area contributed by atoms with Crippen LogP contribution in [-0.2, 0) is 7.05 Å². The predicted octanol–water partition coefficient (Wildman–Crippen LogP) is 2.92. The van der Waals surface area contributed by atoms with E-state index in [-0.39, 0.29) is 16.9 Å². The number of benzene rings is 1. The van der Waals surface area contributed by atoms with E-state index in [1.165, 1.54) is 36.0 Å². The Bertz CT molecular complexity index is 550. The third kappa shape index (κ3) is 2.79. The zero-order valence-electron chi connectivity index (χ0n) is 10.1.